The average Bonchev–Trinajstić information content (AvgIpc) is 2.53. The van der Waals surface area contributed by atoms with Crippen molar-refractivity contribution in [2.75, 3.05) is 19.8 Å². The van der Waals surface area contributed by atoms with E-state index < -0.39 is 23.3 Å². The Hall–Kier alpha value is -0.734. The number of carbonyl (C=O) groups is 3. The maximum atomic E-state index is 11.6. The van der Waals surface area contributed by atoms with Gasteiger partial charge in [0, 0.05) is 16.7 Å². The van der Waals surface area contributed by atoms with Crippen molar-refractivity contribution in [3.8, 4) is 0 Å². The van der Waals surface area contributed by atoms with Gasteiger partial charge in [0.1, 0.15) is 19.8 Å². The molecule has 0 aliphatic heterocycles. The predicted octanol–water partition coefficient (Wildman–Crippen LogP) is 2.09. The van der Waals surface area contributed by atoms with Gasteiger partial charge in [-0.25, -0.2) is 14.4 Å². The zero-order chi connectivity index (χ0) is 18.9. The molecule has 0 amide bonds. The molecule has 0 radical (unpaired) electrons. The topological polar surface area (TPSA) is 78.9 Å². The molecule has 0 aromatic rings. The zero-order valence-corrected chi connectivity index (χ0v) is 14.9. The second kappa shape index (κ2) is 12.6. The normalized spacial score (nSPS) is 10.1. The molecule has 0 aromatic carbocycles. The molecule has 0 saturated carbocycles. The molecule has 0 heterocycles. The van der Waals surface area contributed by atoms with Crippen LogP contribution in [0.4, 0.5) is 0 Å². The van der Waals surface area contributed by atoms with Gasteiger partial charge in [-0.2, -0.15) is 0 Å². The van der Waals surface area contributed by atoms with E-state index in [1.54, 1.807) is 0 Å². The first-order chi connectivity index (χ1) is 11.0. The van der Waals surface area contributed by atoms with Crippen molar-refractivity contribution in [3.63, 3.8) is 0 Å². The van der Waals surface area contributed by atoms with Crippen molar-refractivity contribution >= 4 is 69.3 Å². The second-order valence-corrected chi connectivity index (χ2v) is 5.92. The summed E-state index contributed by atoms with van der Waals surface area (Å²) in [6.45, 7) is 16.7. The molecule has 0 rings (SSSR count). The van der Waals surface area contributed by atoms with Crippen LogP contribution in [0.3, 0.4) is 0 Å². The Balaban J connectivity index is 0. The summed E-state index contributed by atoms with van der Waals surface area (Å²) in [6, 6.07) is 0. The van der Waals surface area contributed by atoms with Crippen LogP contribution in [-0.4, -0.2) is 89.1 Å². The Labute approximate surface area is 192 Å². The monoisotopic (exact) mass is 378 g/mol. The van der Waals surface area contributed by atoms with Crippen molar-refractivity contribution in [1.82, 2.24) is 0 Å². The summed E-state index contributed by atoms with van der Waals surface area (Å²) in [5.41, 5.74) is -0.116. The summed E-state index contributed by atoms with van der Waals surface area (Å²) < 4.78 is 15.5. The van der Waals surface area contributed by atoms with Crippen LogP contribution in [0.25, 0.3) is 0 Å². The number of ether oxygens (including phenoxy) is 3. The summed E-state index contributed by atoms with van der Waals surface area (Å²) >= 11 is 0. The van der Waals surface area contributed by atoms with Crippen LogP contribution in [-0.2, 0) is 28.6 Å². The summed E-state index contributed by atoms with van der Waals surface area (Å²) in [5.74, 6) is -1.69. The fourth-order valence-corrected chi connectivity index (χ4v) is 1.46. The zero-order valence-electron chi connectivity index (χ0n) is 14.9. The molecule has 0 saturated heterocycles. The molecule has 0 aromatic heterocycles. The van der Waals surface area contributed by atoms with Gasteiger partial charge in [0.2, 0.25) is 0 Å². The number of carbonyl (C=O) groups excluding carboxylic acids is 3. The molecular formula is C18H27KO6. The van der Waals surface area contributed by atoms with Gasteiger partial charge in [0.05, 0.1) is 5.41 Å². The molecule has 0 bridgehead atoms. The molecule has 6 nitrogen and oxygen atoms in total. The van der Waals surface area contributed by atoms with E-state index in [1.165, 1.54) is 20.8 Å². The van der Waals surface area contributed by atoms with Crippen molar-refractivity contribution in [1.29, 1.82) is 0 Å². The molecule has 25 heavy (non-hydrogen) atoms. The van der Waals surface area contributed by atoms with E-state index in [0.717, 1.165) is 0 Å². The second-order valence-electron chi connectivity index (χ2n) is 5.92. The standard InChI is InChI=1S/C18H26O6.K.H/c1-8-18(9-22-15(19)12(2)3,10-23-16(20)13(4)5)11-24-17(21)14(6)7;;/h2,4,6,8-11H2,1,3,5,7H3;;. The van der Waals surface area contributed by atoms with Crippen LogP contribution in [0.2, 0.25) is 0 Å². The van der Waals surface area contributed by atoms with Crippen LogP contribution in [0, 0.1) is 5.41 Å². The molecule has 0 aliphatic rings. The average molecular weight is 379 g/mol. The third-order valence-corrected chi connectivity index (χ3v) is 3.32. The summed E-state index contributed by atoms with van der Waals surface area (Å²) in [4.78, 5) is 34.9. The number of hydrogen-bond donors (Lipinski definition) is 0. The van der Waals surface area contributed by atoms with E-state index in [2.05, 4.69) is 19.7 Å². The molecular weight excluding hydrogens is 351 g/mol. The van der Waals surface area contributed by atoms with Gasteiger partial charge in [0.25, 0.3) is 0 Å². The number of rotatable bonds is 10. The first kappa shape index (κ1) is 26.5. The van der Waals surface area contributed by atoms with Gasteiger partial charge in [-0.1, -0.05) is 26.7 Å². The van der Waals surface area contributed by atoms with Gasteiger partial charge in [-0.3, -0.25) is 0 Å². The van der Waals surface area contributed by atoms with Crippen molar-refractivity contribution in [2.45, 2.75) is 34.1 Å². The van der Waals surface area contributed by atoms with Crippen LogP contribution >= 0.6 is 0 Å². The van der Waals surface area contributed by atoms with Gasteiger partial charge >= 0.3 is 69.3 Å². The van der Waals surface area contributed by atoms with Gasteiger partial charge < -0.3 is 14.2 Å². The van der Waals surface area contributed by atoms with E-state index in [0.29, 0.717) is 6.42 Å². The number of hydrogen-bond acceptors (Lipinski definition) is 6. The Kier molecular flexibility index (Phi) is 13.3. The van der Waals surface area contributed by atoms with E-state index in [1.807, 2.05) is 6.92 Å². The Morgan fingerprint density at radius 1 is 0.720 bits per heavy atom. The van der Waals surface area contributed by atoms with Crippen molar-refractivity contribution < 1.29 is 28.6 Å². The molecule has 7 heteroatoms. The first-order valence-corrected chi connectivity index (χ1v) is 7.52. The van der Waals surface area contributed by atoms with E-state index in [9.17, 15) is 14.4 Å². The summed E-state index contributed by atoms with van der Waals surface area (Å²) in [6.07, 6.45) is 0.448. The SMILES string of the molecule is C=C(C)C(=O)OCC(CC)(COC(=O)C(=C)C)COC(=O)C(=C)C.[KH]. The molecule has 0 N–H and O–H groups in total. The van der Waals surface area contributed by atoms with E-state index in [4.69, 9.17) is 14.2 Å². The number of esters is 3. The fourth-order valence-electron chi connectivity index (χ4n) is 1.46. The van der Waals surface area contributed by atoms with Gasteiger partial charge in [-0.05, 0) is 27.2 Å². The van der Waals surface area contributed by atoms with Crippen molar-refractivity contribution in [2.24, 2.45) is 5.41 Å². The molecule has 0 atom stereocenters. The molecule has 0 fully saturated rings. The molecule has 0 aliphatic carbocycles. The molecule has 0 unspecified atom stereocenters. The third kappa shape index (κ3) is 10.1. The fraction of sp³-hybridized carbons (Fsp3) is 0.500. The summed E-state index contributed by atoms with van der Waals surface area (Å²) in [5, 5.41) is 0. The van der Waals surface area contributed by atoms with E-state index in [-0.39, 0.29) is 87.9 Å². The van der Waals surface area contributed by atoms with Crippen LogP contribution < -0.4 is 0 Å². The van der Waals surface area contributed by atoms with Crippen molar-refractivity contribution in [3.05, 3.63) is 36.5 Å². The quantitative estimate of drug-likeness (QED) is 0.251. The van der Waals surface area contributed by atoms with Crippen LogP contribution in [0.5, 0.6) is 0 Å². The predicted molar refractivity (Wildman–Crippen MR) is 97.2 cm³/mol. The van der Waals surface area contributed by atoms with Crippen LogP contribution in [0.15, 0.2) is 36.5 Å². The van der Waals surface area contributed by atoms with E-state index >= 15 is 0 Å². The Bertz CT molecular complexity index is 476. The molecule has 136 valence electrons. The third-order valence-electron chi connectivity index (χ3n) is 3.32. The minimum absolute atomic E-state index is 0. The molecule has 0 spiro atoms. The Morgan fingerprint density at radius 2 is 0.960 bits per heavy atom. The first-order valence-electron chi connectivity index (χ1n) is 7.52. The van der Waals surface area contributed by atoms with Crippen LogP contribution in [0.1, 0.15) is 34.1 Å². The van der Waals surface area contributed by atoms with Gasteiger partial charge in [0.15, 0.2) is 0 Å². The Morgan fingerprint density at radius 3 is 1.12 bits per heavy atom. The summed E-state index contributed by atoms with van der Waals surface area (Å²) in [7, 11) is 0. The maximum absolute atomic E-state index is 11.6. The minimum atomic E-state index is -0.860. The van der Waals surface area contributed by atoms with Gasteiger partial charge in [-0.15, -0.1) is 0 Å².